The van der Waals surface area contributed by atoms with E-state index in [2.05, 4.69) is 5.32 Å². The van der Waals surface area contributed by atoms with Gasteiger partial charge in [0.2, 0.25) is 5.91 Å². The zero-order valence-electron chi connectivity index (χ0n) is 14.6. The number of aromatic carboxylic acids is 1. The molecule has 1 amide bonds. The van der Waals surface area contributed by atoms with Gasteiger partial charge in [-0.3, -0.25) is 4.79 Å². The van der Waals surface area contributed by atoms with Crippen molar-refractivity contribution in [1.82, 2.24) is 0 Å². The van der Waals surface area contributed by atoms with Gasteiger partial charge < -0.3 is 15.2 Å². The van der Waals surface area contributed by atoms with Gasteiger partial charge in [0.25, 0.3) is 0 Å². The van der Waals surface area contributed by atoms with Gasteiger partial charge in [-0.15, -0.1) is 0 Å². The monoisotopic (exact) mass is 353 g/mol. The third-order valence-corrected chi connectivity index (χ3v) is 4.61. The summed E-state index contributed by atoms with van der Waals surface area (Å²) in [5, 5.41) is 12.0. The number of carboxylic acids is 1. The Morgan fingerprint density at radius 3 is 2.42 bits per heavy atom. The Morgan fingerprint density at radius 2 is 1.73 bits per heavy atom. The summed E-state index contributed by atoms with van der Waals surface area (Å²) in [6.45, 7) is 0. The van der Waals surface area contributed by atoms with Crippen LogP contribution in [-0.2, 0) is 11.2 Å². The van der Waals surface area contributed by atoms with Crippen LogP contribution in [0.3, 0.4) is 0 Å². The average Bonchev–Trinajstić information content (AvgIpc) is 3.15. The van der Waals surface area contributed by atoms with E-state index in [0.29, 0.717) is 23.8 Å². The number of rotatable bonds is 7. The lowest BCUT2D eigenvalue weighted by atomic mass is 10.0. The van der Waals surface area contributed by atoms with Crippen molar-refractivity contribution in [3.63, 3.8) is 0 Å². The molecule has 0 atom stereocenters. The number of carbonyl (C=O) groups excluding carboxylic acids is 1. The molecule has 1 aliphatic carbocycles. The lowest BCUT2D eigenvalue weighted by Gasteiger charge is -2.13. The summed E-state index contributed by atoms with van der Waals surface area (Å²) in [7, 11) is 0. The first-order valence-corrected chi connectivity index (χ1v) is 8.99. The molecule has 2 aromatic carbocycles. The van der Waals surface area contributed by atoms with E-state index in [-0.39, 0.29) is 17.9 Å². The Kier molecular flexibility index (Phi) is 5.89. The summed E-state index contributed by atoms with van der Waals surface area (Å²) in [5.41, 5.74) is 1.62. The topological polar surface area (TPSA) is 75.6 Å². The van der Waals surface area contributed by atoms with E-state index in [4.69, 9.17) is 4.74 Å². The first-order valence-electron chi connectivity index (χ1n) is 8.99. The van der Waals surface area contributed by atoms with Gasteiger partial charge in [0.15, 0.2) is 0 Å². The predicted molar refractivity (Wildman–Crippen MR) is 99.7 cm³/mol. The second-order valence-corrected chi connectivity index (χ2v) is 6.56. The Bertz CT molecular complexity index is 764. The van der Waals surface area contributed by atoms with Crippen LogP contribution in [0, 0.1) is 0 Å². The molecule has 2 aromatic rings. The molecule has 1 fully saturated rings. The van der Waals surface area contributed by atoms with Crippen LogP contribution in [0.1, 0.15) is 48.0 Å². The highest BCUT2D eigenvalue weighted by molar-refractivity contribution is 5.92. The SMILES string of the molecule is O=C(CCc1ccccc1C(=O)O)Nc1ccc(OC2CCCC2)cc1. The third kappa shape index (κ3) is 4.85. The second-order valence-electron chi connectivity index (χ2n) is 6.56. The van der Waals surface area contributed by atoms with Gasteiger partial charge >= 0.3 is 5.97 Å². The molecule has 26 heavy (non-hydrogen) atoms. The fraction of sp³-hybridized carbons (Fsp3) is 0.333. The summed E-state index contributed by atoms with van der Waals surface area (Å²) in [5.74, 6) is -0.293. The molecular weight excluding hydrogens is 330 g/mol. The number of carbonyl (C=O) groups is 2. The highest BCUT2D eigenvalue weighted by Crippen LogP contribution is 2.25. The molecule has 0 bridgehead atoms. The van der Waals surface area contributed by atoms with E-state index in [1.165, 1.54) is 12.8 Å². The quantitative estimate of drug-likeness (QED) is 0.779. The molecule has 0 heterocycles. The van der Waals surface area contributed by atoms with Crippen molar-refractivity contribution < 1.29 is 19.4 Å². The molecule has 0 aromatic heterocycles. The smallest absolute Gasteiger partial charge is 0.335 e. The lowest BCUT2D eigenvalue weighted by molar-refractivity contribution is -0.116. The van der Waals surface area contributed by atoms with Crippen molar-refractivity contribution in [2.45, 2.75) is 44.6 Å². The van der Waals surface area contributed by atoms with Gasteiger partial charge in [-0.2, -0.15) is 0 Å². The average molecular weight is 353 g/mol. The van der Waals surface area contributed by atoms with E-state index in [0.717, 1.165) is 18.6 Å². The molecular formula is C21H23NO4. The van der Waals surface area contributed by atoms with Crippen LogP contribution in [0.15, 0.2) is 48.5 Å². The van der Waals surface area contributed by atoms with Gasteiger partial charge in [-0.1, -0.05) is 18.2 Å². The molecule has 0 unspecified atom stereocenters. The highest BCUT2D eigenvalue weighted by Gasteiger charge is 2.16. The Balaban J connectivity index is 1.51. The fourth-order valence-corrected chi connectivity index (χ4v) is 3.23. The molecule has 0 spiro atoms. The zero-order chi connectivity index (χ0) is 18.4. The van der Waals surface area contributed by atoms with Crippen molar-refractivity contribution >= 4 is 17.6 Å². The van der Waals surface area contributed by atoms with Crippen LogP contribution in [0.25, 0.3) is 0 Å². The molecule has 5 nitrogen and oxygen atoms in total. The maximum atomic E-state index is 12.1. The number of ether oxygens (including phenoxy) is 1. The molecule has 1 aliphatic rings. The number of nitrogens with one attached hydrogen (secondary N) is 1. The maximum absolute atomic E-state index is 12.1. The molecule has 5 heteroatoms. The number of carboxylic acid groups (broad SMARTS) is 1. The van der Waals surface area contributed by atoms with Gasteiger partial charge in [0.1, 0.15) is 5.75 Å². The number of hydrogen-bond acceptors (Lipinski definition) is 3. The molecule has 3 rings (SSSR count). The van der Waals surface area contributed by atoms with E-state index in [9.17, 15) is 14.7 Å². The van der Waals surface area contributed by atoms with Gasteiger partial charge in [0, 0.05) is 12.1 Å². The van der Waals surface area contributed by atoms with Gasteiger partial charge in [-0.05, 0) is 68.0 Å². The van der Waals surface area contributed by atoms with Crippen molar-refractivity contribution in [2.75, 3.05) is 5.32 Å². The Morgan fingerprint density at radius 1 is 1.04 bits per heavy atom. The molecule has 2 N–H and O–H groups in total. The zero-order valence-corrected chi connectivity index (χ0v) is 14.6. The van der Waals surface area contributed by atoms with Crippen LogP contribution in [-0.4, -0.2) is 23.1 Å². The minimum absolute atomic E-state index is 0.144. The summed E-state index contributed by atoms with van der Waals surface area (Å²) in [6.07, 6.45) is 5.59. The largest absolute Gasteiger partial charge is 0.490 e. The summed E-state index contributed by atoms with van der Waals surface area (Å²) >= 11 is 0. The Labute approximate surface area is 153 Å². The first-order chi connectivity index (χ1) is 12.6. The maximum Gasteiger partial charge on any atom is 0.335 e. The summed E-state index contributed by atoms with van der Waals surface area (Å²) < 4.78 is 5.91. The lowest BCUT2D eigenvalue weighted by Crippen LogP contribution is -2.14. The van der Waals surface area contributed by atoms with E-state index in [1.54, 1.807) is 24.3 Å². The molecule has 1 saturated carbocycles. The first kappa shape index (κ1) is 18.0. The second kappa shape index (κ2) is 8.52. The summed E-state index contributed by atoms with van der Waals surface area (Å²) in [4.78, 5) is 23.3. The van der Waals surface area contributed by atoms with E-state index >= 15 is 0 Å². The Hall–Kier alpha value is -2.82. The number of amides is 1. The number of aryl methyl sites for hydroxylation is 1. The minimum Gasteiger partial charge on any atom is -0.490 e. The predicted octanol–water partition coefficient (Wildman–Crippen LogP) is 4.28. The van der Waals surface area contributed by atoms with Crippen LogP contribution in [0.5, 0.6) is 5.75 Å². The van der Waals surface area contributed by atoms with Crippen LogP contribution in [0.4, 0.5) is 5.69 Å². The molecule has 136 valence electrons. The number of benzene rings is 2. The van der Waals surface area contributed by atoms with Crippen LogP contribution in [0.2, 0.25) is 0 Å². The van der Waals surface area contributed by atoms with Crippen molar-refractivity contribution in [3.8, 4) is 5.75 Å². The summed E-state index contributed by atoms with van der Waals surface area (Å²) in [6, 6.07) is 14.2. The minimum atomic E-state index is -0.973. The van der Waals surface area contributed by atoms with Crippen LogP contribution >= 0.6 is 0 Å². The fourth-order valence-electron chi connectivity index (χ4n) is 3.23. The van der Waals surface area contributed by atoms with Crippen molar-refractivity contribution in [3.05, 3.63) is 59.7 Å². The van der Waals surface area contributed by atoms with Crippen LogP contribution < -0.4 is 10.1 Å². The molecule has 0 radical (unpaired) electrons. The molecule has 0 aliphatic heterocycles. The normalized spacial score (nSPS) is 14.2. The van der Waals surface area contributed by atoms with E-state index < -0.39 is 5.97 Å². The van der Waals surface area contributed by atoms with Crippen molar-refractivity contribution in [2.24, 2.45) is 0 Å². The number of anilines is 1. The number of hydrogen-bond donors (Lipinski definition) is 2. The van der Waals surface area contributed by atoms with Gasteiger partial charge in [0.05, 0.1) is 11.7 Å². The highest BCUT2D eigenvalue weighted by atomic mass is 16.5. The van der Waals surface area contributed by atoms with E-state index in [1.807, 2.05) is 24.3 Å². The molecule has 0 saturated heterocycles. The third-order valence-electron chi connectivity index (χ3n) is 4.61. The van der Waals surface area contributed by atoms with Gasteiger partial charge in [-0.25, -0.2) is 4.79 Å². The van der Waals surface area contributed by atoms with Crippen molar-refractivity contribution in [1.29, 1.82) is 0 Å². The standard InChI is InChI=1S/C21H23NO4/c23-20(14-9-15-5-1-4-8-19(15)21(24)25)22-16-10-12-18(13-11-16)26-17-6-2-3-7-17/h1,4-5,8,10-13,17H,2-3,6-7,9,14H2,(H,22,23)(H,24,25).